The molecule has 0 aliphatic rings. The molecular weight excluding hydrogens is 340 g/mol. The van der Waals surface area contributed by atoms with Crippen LogP contribution in [0.15, 0.2) is 29.2 Å². The molecule has 1 heterocycles. The predicted molar refractivity (Wildman–Crippen MR) is 94.6 cm³/mol. The molecule has 0 atom stereocenters. The SMILES string of the molecule is CCn1cc(C(=O)O)c(=O)c2cc(C#CCOCCNC(=O)O)ccc21. The summed E-state index contributed by atoms with van der Waals surface area (Å²) in [5, 5.41) is 20.1. The Bertz CT molecular complexity index is 952. The van der Waals surface area contributed by atoms with E-state index in [-0.39, 0.29) is 25.3 Å². The normalized spacial score (nSPS) is 10.2. The summed E-state index contributed by atoms with van der Waals surface area (Å²) in [5.74, 6) is 4.35. The van der Waals surface area contributed by atoms with Gasteiger partial charge in [0.1, 0.15) is 12.2 Å². The topological polar surface area (TPSA) is 118 Å². The fraction of sp³-hybridized carbons (Fsp3) is 0.278. The molecule has 0 aliphatic carbocycles. The second-order valence-electron chi connectivity index (χ2n) is 5.28. The van der Waals surface area contributed by atoms with Gasteiger partial charge in [-0.3, -0.25) is 4.79 Å². The highest BCUT2D eigenvalue weighted by atomic mass is 16.5. The zero-order valence-corrected chi connectivity index (χ0v) is 14.1. The highest BCUT2D eigenvalue weighted by Crippen LogP contribution is 2.14. The molecule has 8 nitrogen and oxygen atoms in total. The van der Waals surface area contributed by atoms with Gasteiger partial charge >= 0.3 is 12.1 Å². The first-order chi connectivity index (χ1) is 12.4. The molecule has 0 unspecified atom stereocenters. The number of nitrogens with one attached hydrogen (secondary N) is 1. The van der Waals surface area contributed by atoms with E-state index in [1.54, 1.807) is 22.8 Å². The van der Waals surface area contributed by atoms with Crippen molar-refractivity contribution in [2.75, 3.05) is 19.8 Å². The second kappa shape index (κ2) is 8.69. The third kappa shape index (κ3) is 4.62. The van der Waals surface area contributed by atoms with Crippen LogP contribution in [0.3, 0.4) is 0 Å². The molecular formula is C18H18N2O6. The molecule has 0 fully saturated rings. The monoisotopic (exact) mass is 358 g/mol. The summed E-state index contributed by atoms with van der Waals surface area (Å²) in [6, 6.07) is 5.04. The van der Waals surface area contributed by atoms with Crippen molar-refractivity contribution in [3.63, 3.8) is 0 Å². The van der Waals surface area contributed by atoms with Crippen LogP contribution >= 0.6 is 0 Å². The first-order valence-electron chi connectivity index (χ1n) is 7.88. The lowest BCUT2D eigenvalue weighted by Crippen LogP contribution is -2.25. The Morgan fingerprint density at radius 1 is 1.31 bits per heavy atom. The standard InChI is InChI=1S/C18H18N2O6/c1-2-20-11-14(17(22)23)16(21)13-10-12(5-6-15(13)20)4-3-8-26-9-7-19-18(24)25/h5-6,10-11,19H,2,7-9H2,1H3,(H,22,23)(H,24,25). The first-order valence-corrected chi connectivity index (χ1v) is 7.88. The van der Waals surface area contributed by atoms with Gasteiger partial charge in [-0.05, 0) is 25.1 Å². The number of amides is 1. The second-order valence-corrected chi connectivity index (χ2v) is 5.28. The lowest BCUT2D eigenvalue weighted by atomic mass is 10.1. The smallest absolute Gasteiger partial charge is 0.404 e. The zero-order valence-electron chi connectivity index (χ0n) is 14.1. The minimum atomic E-state index is -1.26. The van der Waals surface area contributed by atoms with Crippen LogP contribution in [0.1, 0.15) is 22.8 Å². The number of fused-ring (bicyclic) bond motifs is 1. The number of ether oxygens (including phenoxy) is 1. The minimum absolute atomic E-state index is 0.105. The maximum Gasteiger partial charge on any atom is 0.404 e. The van der Waals surface area contributed by atoms with Gasteiger partial charge in [0.25, 0.3) is 0 Å². The third-order valence-electron chi connectivity index (χ3n) is 3.58. The molecule has 0 saturated carbocycles. The van der Waals surface area contributed by atoms with Crippen LogP contribution in [0.5, 0.6) is 0 Å². The van der Waals surface area contributed by atoms with Crippen LogP contribution in [0, 0.1) is 11.8 Å². The quantitative estimate of drug-likeness (QED) is 0.530. The summed E-state index contributed by atoms with van der Waals surface area (Å²) in [6.07, 6.45) is 0.228. The average molecular weight is 358 g/mol. The van der Waals surface area contributed by atoms with Gasteiger partial charge in [0.15, 0.2) is 0 Å². The molecule has 136 valence electrons. The van der Waals surface area contributed by atoms with Crippen LogP contribution in [0.4, 0.5) is 4.79 Å². The van der Waals surface area contributed by atoms with E-state index in [0.717, 1.165) is 0 Å². The van der Waals surface area contributed by atoms with Crippen molar-refractivity contribution < 1.29 is 24.5 Å². The number of benzene rings is 1. The summed E-state index contributed by atoms with van der Waals surface area (Å²) in [6.45, 7) is 2.86. The van der Waals surface area contributed by atoms with Gasteiger partial charge in [-0.1, -0.05) is 11.8 Å². The number of hydrogen-bond acceptors (Lipinski definition) is 4. The van der Waals surface area contributed by atoms with Crippen LogP contribution in [0.25, 0.3) is 10.9 Å². The number of pyridine rings is 1. The van der Waals surface area contributed by atoms with E-state index in [1.807, 2.05) is 6.92 Å². The number of hydrogen-bond donors (Lipinski definition) is 3. The van der Waals surface area contributed by atoms with Gasteiger partial charge in [-0.2, -0.15) is 0 Å². The number of rotatable bonds is 6. The van der Waals surface area contributed by atoms with Gasteiger partial charge in [0.2, 0.25) is 5.43 Å². The number of carbonyl (C=O) groups is 2. The molecule has 26 heavy (non-hydrogen) atoms. The van der Waals surface area contributed by atoms with Crippen molar-refractivity contribution in [2.24, 2.45) is 0 Å². The van der Waals surface area contributed by atoms with Crippen LogP contribution in [-0.2, 0) is 11.3 Å². The van der Waals surface area contributed by atoms with Crippen molar-refractivity contribution in [3.8, 4) is 11.8 Å². The molecule has 0 saturated heterocycles. The third-order valence-corrected chi connectivity index (χ3v) is 3.58. The van der Waals surface area contributed by atoms with Crippen molar-refractivity contribution in [1.82, 2.24) is 9.88 Å². The number of aromatic carboxylic acids is 1. The van der Waals surface area contributed by atoms with Crippen molar-refractivity contribution in [2.45, 2.75) is 13.5 Å². The van der Waals surface area contributed by atoms with E-state index in [0.29, 0.717) is 23.0 Å². The van der Waals surface area contributed by atoms with Gasteiger partial charge < -0.3 is 24.8 Å². The average Bonchev–Trinajstić information content (AvgIpc) is 2.61. The van der Waals surface area contributed by atoms with E-state index in [1.165, 1.54) is 6.20 Å². The summed E-state index contributed by atoms with van der Waals surface area (Å²) in [7, 11) is 0. The van der Waals surface area contributed by atoms with Gasteiger partial charge in [0.05, 0.1) is 12.1 Å². The lowest BCUT2D eigenvalue weighted by molar-refractivity contribution is 0.0694. The molecule has 0 radical (unpaired) electrons. The summed E-state index contributed by atoms with van der Waals surface area (Å²) >= 11 is 0. The number of nitrogens with zero attached hydrogens (tertiary/aromatic N) is 1. The lowest BCUT2D eigenvalue weighted by Gasteiger charge is -2.10. The molecule has 8 heteroatoms. The molecule has 0 spiro atoms. The Morgan fingerprint density at radius 3 is 2.73 bits per heavy atom. The summed E-state index contributed by atoms with van der Waals surface area (Å²) < 4.78 is 6.87. The Labute approximate surface area is 149 Å². The molecule has 0 bridgehead atoms. The van der Waals surface area contributed by atoms with E-state index in [4.69, 9.17) is 9.84 Å². The van der Waals surface area contributed by atoms with Gasteiger partial charge in [-0.25, -0.2) is 9.59 Å². The maximum absolute atomic E-state index is 12.4. The van der Waals surface area contributed by atoms with Gasteiger partial charge in [-0.15, -0.1) is 0 Å². The van der Waals surface area contributed by atoms with Crippen LogP contribution in [-0.4, -0.2) is 46.6 Å². The predicted octanol–water partition coefficient (Wildman–Crippen LogP) is 1.36. The maximum atomic E-state index is 12.4. The summed E-state index contributed by atoms with van der Waals surface area (Å²) in [4.78, 5) is 33.9. The Hall–Kier alpha value is -3.31. The van der Waals surface area contributed by atoms with E-state index in [9.17, 15) is 19.5 Å². The van der Waals surface area contributed by atoms with E-state index < -0.39 is 17.5 Å². The Kier molecular flexibility index (Phi) is 6.36. The minimum Gasteiger partial charge on any atom is -0.477 e. The Balaban J connectivity index is 2.20. The molecule has 2 aromatic rings. The van der Waals surface area contributed by atoms with Gasteiger partial charge in [0, 0.05) is 30.2 Å². The molecule has 1 aromatic heterocycles. The van der Waals surface area contributed by atoms with E-state index >= 15 is 0 Å². The van der Waals surface area contributed by atoms with Crippen LogP contribution in [0.2, 0.25) is 0 Å². The fourth-order valence-electron chi connectivity index (χ4n) is 2.38. The van der Waals surface area contributed by atoms with Crippen molar-refractivity contribution in [3.05, 3.63) is 45.7 Å². The highest BCUT2D eigenvalue weighted by Gasteiger charge is 2.14. The number of aromatic nitrogens is 1. The summed E-state index contributed by atoms with van der Waals surface area (Å²) in [5.41, 5.74) is 0.381. The Morgan fingerprint density at radius 2 is 2.08 bits per heavy atom. The van der Waals surface area contributed by atoms with Crippen LogP contribution < -0.4 is 10.7 Å². The molecule has 0 aliphatic heterocycles. The van der Waals surface area contributed by atoms with Crippen molar-refractivity contribution in [1.29, 1.82) is 0 Å². The zero-order chi connectivity index (χ0) is 19.1. The molecule has 1 aromatic carbocycles. The number of carboxylic acid groups (broad SMARTS) is 2. The highest BCUT2D eigenvalue weighted by molar-refractivity contribution is 5.92. The molecule has 1 amide bonds. The molecule has 3 N–H and O–H groups in total. The number of carboxylic acids is 1. The van der Waals surface area contributed by atoms with E-state index in [2.05, 4.69) is 17.2 Å². The fourth-order valence-corrected chi connectivity index (χ4v) is 2.38. The largest absolute Gasteiger partial charge is 0.477 e. The first kappa shape index (κ1) is 19.0. The molecule has 2 rings (SSSR count). The van der Waals surface area contributed by atoms with Crippen molar-refractivity contribution >= 4 is 23.0 Å². The number of aryl methyl sites for hydroxylation is 1.